The highest BCUT2D eigenvalue weighted by molar-refractivity contribution is 7.91. The summed E-state index contributed by atoms with van der Waals surface area (Å²) in [5.41, 5.74) is 8.20. The zero-order chi connectivity index (χ0) is 13.6. The molecule has 1 fully saturated rings. The number of nitrogen functional groups attached to an aromatic ring is 1. The van der Waals surface area contributed by atoms with E-state index < -0.39 is 9.84 Å². The van der Waals surface area contributed by atoms with Crippen LogP contribution in [0.5, 0.6) is 0 Å². The van der Waals surface area contributed by atoms with Crippen LogP contribution < -0.4 is 10.6 Å². The molecule has 0 radical (unpaired) electrons. The molecule has 1 atom stereocenters. The minimum atomic E-state index is -2.95. The van der Waals surface area contributed by atoms with Gasteiger partial charge < -0.3 is 10.6 Å². The first-order valence-corrected chi connectivity index (χ1v) is 7.78. The van der Waals surface area contributed by atoms with Crippen molar-refractivity contribution in [3.8, 4) is 0 Å². The Morgan fingerprint density at radius 3 is 2.84 bits per heavy atom. The second-order valence-corrected chi connectivity index (χ2v) is 7.02. The molecule has 1 saturated heterocycles. The fourth-order valence-electron chi connectivity index (χ4n) is 2.46. The summed E-state index contributed by atoms with van der Waals surface area (Å²) < 4.78 is 28.0. The maximum Gasteiger partial charge on any atom is 0.160 e. The molecule has 0 spiro atoms. The molecular weight excluding hydrogens is 268 g/mol. The highest BCUT2D eigenvalue weighted by Gasteiger charge is 2.30. The normalized spacial score (nSPS) is 22.8. The first kappa shape index (κ1) is 12.2. The molecule has 1 aliphatic rings. The summed E-state index contributed by atoms with van der Waals surface area (Å²) in [7, 11) is -2.95. The average molecular weight is 282 g/mol. The van der Waals surface area contributed by atoms with Crippen LogP contribution in [0, 0.1) is 0 Å². The van der Waals surface area contributed by atoms with E-state index in [2.05, 4.69) is 10.3 Å². The summed E-state index contributed by atoms with van der Waals surface area (Å²) in [6, 6.07) is 3.45. The van der Waals surface area contributed by atoms with Crippen molar-refractivity contribution in [3.63, 3.8) is 0 Å². The van der Waals surface area contributed by atoms with Crippen molar-refractivity contribution in [1.29, 1.82) is 0 Å². The Kier molecular flexibility index (Phi) is 2.63. The standard InChI is InChI=1S/C11H14N4O3S/c1-7-6-19(16,17)5-4-15(7)9-3-2-8(12)10-11(9)14-18-13-10/h2-3,7H,4-6,12H2,1H3. The molecule has 1 aromatic heterocycles. The van der Waals surface area contributed by atoms with Crippen molar-refractivity contribution in [2.45, 2.75) is 13.0 Å². The smallest absolute Gasteiger partial charge is 0.160 e. The predicted molar refractivity (Wildman–Crippen MR) is 71.7 cm³/mol. The maximum absolute atomic E-state index is 11.6. The van der Waals surface area contributed by atoms with Crippen LogP contribution in [0.4, 0.5) is 11.4 Å². The predicted octanol–water partition coefficient (Wildman–Crippen LogP) is 0.428. The maximum atomic E-state index is 11.6. The molecule has 0 aliphatic carbocycles. The summed E-state index contributed by atoms with van der Waals surface area (Å²) in [6.07, 6.45) is 0. The SMILES string of the molecule is CC1CS(=O)(=O)CCN1c1ccc(N)c2nonc12. The molecule has 102 valence electrons. The van der Waals surface area contributed by atoms with Crippen molar-refractivity contribution in [1.82, 2.24) is 10.3 Å². The van der Waals surface area contributed by atoms with E-state index in [0.717, 1.165) is 5.69 Å². The second kappa shape index (κ2) is 4.09. The molecule has 3 rings (SSSR count). The van der Waals surface area contributed by atoms with Crippen LogP contribution in [0.25, 0.3) is 11.0 Å². The van der Waals surface area contributed by atoms with E-state index in [-0.39, 0.29) is 17.5 Å². The molecule has 2 aromatic rings. The molecule has 1 aliphatic heterocycles. The number of hydrogen-bond donors (Lipinski definition) is 1. The van der Waals surface area contributed by atoms with Gasteiger partial charge in [0.1, 0.15) is 0 Å². The van der Waals surface area contributed by atoms with Crippen LogP contribution >= 0.6 is 0 Å². The Bertz CT molecular complexity index is 725. The van der Waals surface area contributed by atoms with Crippen molar-refractivity contribution >= 4 is 32.2 Å². The molecule has 1 unspecified atom stereocenters. The van der Waals surface area contributed by atoms with E-state index in [1.807, 2.05) is 17.9 Å². The largest absolute Gasteiger partial charge is 0.397 e. The molecule has 0 saturated carbocycles. The Hall–Kier alpha value is -1.83. The van der Waals surface area contributed by atoms with Gasteiger partial charge in [0.25, 0.3) is 0 Å². The summed E-state index contributed by atoms with van der Waals surface area (Å²) in [4.78, 5) is 2.01. The monoisotopic (exact) mass is 282 g/mol. The van der Waals surface area contributed by atoms with Gasteiger partial charge in [-0.05, 0) is 29.4 Å². The molecule has 7 nitrogen and oxygen atoms in total. The van der Waals surface area contributed by atoms with Crippen molar-refractivity contribution in [3.05, 3.63) is 12.1 Å². The third-order valence-corrected chi connectivity index (χ3v) is 5.20. The summed E-state index contributed by atoms with van der Waals surface area (Å²) in [5, 5.41) is 7.64. The number of fused-ring (bicyclic) bond motifs is 1. The molecule has 8 heteroatoms. The molecule has 0 amide bonds. The van der Waals surface area contributed by atoms with Gasteiger partial charge in [-0.2, -0.15) is 0 Å². The van der Waals surface area contributed by atoms with Crippen LogP contribution in [0.2, 0.25) is 0 Å². The molecule has 19 heavy (non-hydrogen) atoms. The number of hydrogen-bond acceptors (Lipinski definition) is 7. The van der Waals surface area contributed by atoms with Crippen LogP contribution in [0.15, 0.2) is 16.8 Å². The van der Waals surface area contributed by atoms with E-state index in [1.54, 1.807) is 6.07 Å². The topological polar surface area (TPSA) is 102 Å². The summed E-state index contributed by atoms with van der Waals surface area (Å²) in [6.45, 7) is 2.32. The van der Waals surface area contributed by atoms with Crippen molar-refractivity contribution in [2.24, 2.45) is 0 Å². The lowest BCUT2D eigenvalue weighted by Crippen LogP contribution is -2.47. The van der Waals surface area contributed by atoms with Crippen LogP contribution in [0.1, 0.15) is 6.92 Å². The zero-order valence-corrected chi connectivity index (χ0v) is 11.2. The Labute approximate surface area is 110 Å². The van der Waals surface area contributed by atoms with Gasteiger partial charge in [0.2, 0.25) is 0 Å². The minimum Gasteiger partial charge on any atom is -0.397 e. The van der Waals surface area contributed by atoms with E-state index in [4.69, 9.17) is 10.4 Å². The first-order valence-electron chi connectivity index (χ1n) is 5.96. The number of rotatable bonds is 1. The lowest BCUT2D eigenvalue weighted by atomic mass is 10.2. The first-order chi connectivity index (χ1) is 8.98. The number of aromatic nitrogens is 2. The average Bonchev–Trinajstić information content (AvgIpc) is 2.80. The Morgan fingerprint density at radius 2 is 2.11 bits per heavy atom. The highest BCUT2D eigenvalue weighted by atomic mass is 32.2. The van der Waals surface area contributed by atoms with Gasteiger partial charge in [0, 0.05) is 12.6 Å². The third-order valence-electron chi connectivity index (χ3n) is 3.41. The van der Waals surface area contributed by atoms with E-state index >= 15 is 0 Å². The fourth-order valence-corrected chi connectivity index (χ4v) is 4.02. The van der Waals surface area contributed by atoms with E-state index in [1.165, 1.54) is 0 Å². The number of anilines is 2. The molecule has 2 N–H and O–H groups in total. The van der Waals surface area contributed by atoms with Crippen LogP contribution in [-0.4, -0.2) is 42.8 Å². The van der Waals surface area contributed by atoms with Gasteiger partial charge >= 0.3 is 0 Å². The molecule has 1 aromatic carbocycles. The number of nitrogens with two attached hydrogens (primary N) is 1. The summed E-state index contributed by atoms with van der Waals surface area (Å²) >= 11 is 0. The van der Waals surface area contributed by atoms with Gasteiger partial charge in [-0.1, -0.05) is 0 Å². The van der Waals surface area contributed by atoms with Crippen LogP contribution in [0.3, 0.4) is 0 Å². The lowest BCUT2D eigenvalue weighted by molar-refractivity contribution is 0.315. The fraction of sp³-hybridized carbons (Fsp3) is 0.455. The number of nitrogens with zero attached hydrogens (tertiary/aromatic N) is 3. The molecule has 0 bridgehead atoms. The second-order valence-electron chi connectivity index (χ2n) is 4.79. The number of benzene rings is 1. The zero-order valence-electron chi connectivity index (χ0n) is 10.4. The summed E-state index contributed by atoms with van der Waals surface area (Å²) in [5.74, 6) is 0.290. The quantitative estimate of drug-likeness (QED) is 0.756. The third kappa shape index (κ3) is 2.01. The van der Waals surface area contributed by atoms with Crippen LogP contribution in [-0.2, 0) is 9.84 Å². The highest BCUT2D eigenvalue weighted by Crippen LogP contribution is 2.30. The number of sulfone groups is 1. The minimum absolute atomic E-state index is 0.109. The van der Waals surface area contributed by atoms with Gasteiger partial charge in [-0.15, -0.1) is 0 Å². The van der Waals surface area contributed by atoms with E-state index in [9.17, 15) is 8.42 Å². The van der Waals surface area contributed by atoms with Crippen molar-refractivity contribution < 1.29 is 13.0 Å². The van der Waals surface area contributed by atoms with E-state index in [0.29, 0.717) is 23.3 Å². The van der Waals surface area contributed by atoms with Gasteiger partial charge in [-0.3, -0.25) is 0 Å². The van der Waals surface area contributed by atoms with Gasteiger partial charge in [0.15, 0.2) is 20.9 Å². The van der Waals surface area contributed by atoms with Gasteiger partial charge in [0.05, 0.1) is 22.9 Å². The Balaban J connectivity index is 2.06. The Morgan fingerprint density at radius 1 is 1.37 bits per heavy atom. The molecular formula is C11H14N4O3S. The van der Waals surface area contributed by atoms with Gasteiger partial charge in [-0.25, -0.2) is 13.0 Å². The van der Waals surface area contributed by atoms with Crippen molar-refractivity contribution in [2.75, 3.05) is 28.7 Å². The lowest BCUT2D eigenvalue weighted by Gasteiger charge is -2.35. The molecule has 2 heterocycles.